The fourth-order valence-corrected chi connectivity index (χ4v) is 2.56. The number of fused-ring (bicyclic) bond motifs is 1. The van der Waals surface area contributed by atoms with Crippen LogP contribution in [0.1, 0.15) is 51.0 Å². The van der Waals surface area contributed by atoms with Gasteiger partial charge in [0.25, 0.3) is 0 Å². The molecule has 0 radical (unpaired) electrons. The van der Waals surface area contributed by atoms with E-state index in [1.54, 1.807) is 0 Å². The van der Waals surface area contributed by atoms with Gasteiger partial charge in [-0.1, -0.05) is 26.8 Å². The van der Waals surface area contributed by atoms with Gasteiger partial charge in [0.1, 0.15) is 5.82 Å². The standard InChI is InChI=1S/C16H23N3O2/c1-16(2,3)15-18-12-9-10(5-7-13(12)19(15)4)11(17)6-8-14(20)21/h5,7,9,11H,6,8,17H2,1-4H3,(H,20,21). The van der Waals surface area contributed by atoms with Crippen LogP contribution in [0.5, 0.6) is 0 Å². The number of imidazole rings is 1. The fraction of sp³-hybridized carbons (Fsp3) is 0.500. The molecule has 2 aromatic rings. The van der Waals surface area contributed by atoms with Crippen LogP contribution in [0.25, 0.3) is 11.0 Å². The largest absolute Gasteiger partial charge is 0.481 e. The Morgan fingerprint density at radius 2 is 2.10 bits per heavy atom. The maximum absolute atomic E-state index is 10.6. The Kier molecular flexibility index (Phi) is 4.05. The molecule has 2 rings (SSSR count). The minimum absolute atomic E-state index is 0.0284. The van der Waals surface area contributed by atoms with E-state index in [0.29, 0.717) is 6.42 Å². The van der Waals surface area contributed by atoms with E-state index >= 15 is 0 Å². The molecule has 0 saturated carbocycles. The van der Waals surface area contributed by atoms with E-state index in [9.17, 15) is 4.79 Å². The molecular weight excluding hydrogens is 266 g/mol. The predicted molar refractivity (Wildman–Crippen MR) is 83.2 cm³/mol. The highest BCUT2D eigenvalue weighted by atomic mass is 16.4. The lowest BCUT2D eigenvalue weighted by Crippen LogP contribution is -2.17. The number of rotatable bonds is 4. The molecule has 0 aliphatic rings. The van der Waals surface area contributed by atoms with Crippen LogP contribution in [0.2, 0.25) is 0 Å². The molecule has 1 heterocycles. The molecule has 3 N–H and O–H groups in total. The molecule has 1 aromatic heterocycles. The summed E-state index contributed by atoms with van der Waals surface area (Å²) in [5.74, 6) is 0.202. The highest BCUT2D eigenvalue weighted by molar-refractivity contribution is 5.77. The SMILES string of the molecule is Cn1c(C(C)(C)C)nc2cc(C(N)CCC(=O)O)ccc21. The van der Waals surface area contributed by atoms with Gasteiger partial charge in [-0.2, -0.15) is 0 Å². The van der Waals surface area contributed by atoms with Gasteiger partial charge in [-0.25, -0.2) is 4.98 Å². The fourth-order valence-electron chi connectivity index (χ4n) is 2.56. The third-order valence-corrected chi connectivity index (χ3v) is 3.67. The third kappa shape index (κ3) is 3.24. The van der Waals surface area contributed by atoms with Crippen molar-refractivity contribution >= 4 is 17.0 Å². The Morgan fingerprint density at radius 3 is 2.67 bits per heavy atom. The van der Waals surface area contributed by atoms with E-state index in [0.717, 1.165) is 22.4 Å². The van der Waals surface area contributed by atoms with E-state index in [2.05, 4.69) is 25.3 Å². The number of benzene rings is 1. The number of carbonyl (C=O) groups is 1. The predicted octanol–water partition coefficient (Wildman–Crippen LogP) is 2.74. The smallest absolute Gasteiger partial charge is 0.303 e. The lowest BCUT2D eigenvalue weighted by molar-refractivity contribution is -0.137. The molecule has 21 heavy (non-hydrogen) atoms. The summed E-state index contributed by atoms with van der Waals surface area (Å²) >= 11 is 0. The van der Waals surface area contributed by atoms with Crippen LogP contribution < -0.4 is 5.73 Å². The lowest BCUT2D eigenvalue weighted by atomic mass is 9.96. The molecule has 0 aliphatic heterocycles. The number of nitrogens with zero attached hydrogens (tertiary/aromatic N) is 2. The topological polar surface area (TPSA) is 81.1 Å². The zero-order chi connectivity index (χ0) is 15.8. The molecule has 5 heteroatoms. The molecule has 114 valence electrons. The number of nitrogens with two attached hydrogens (primary N) is 1. The molecule has 0 fully saturated rings. The van der Waals surface area contributed by atoms with Gasteiger partial charge in [-0.3, -0.25) is 4.79 Å². The number of aryl methyl sites for hydroxylation is 1. The number of carboxylic acids is 1. The molecule has 0 spiro atoms. The van der Waals surface area contributed by atoms with E-state index in [4.69, 9.17) is 15.8 Å². The third-order valence-electron chi connectivity index (χ3n) is 3.67. The molecule has 0 aliphatic carbocycles. The highest BCUT2D eigenvalue weighted by Crippen LogP contribution is 2.27. The molecule has 1 unspecified atom stereocenters. The van der Waals surface area contributed by atoms with Crippen LogP contribution in [0.4, 0.5) is 0 Å². The Balaban J connectivity index is 2.36. The quantitative estimate of drug-likeness (QED) is 0.906. The first-order valence-electron chi connectivity index (χ1n) is 7.14. The van der Waals surface area contributed by atoms with Gasteiger partial charge < -0.3 is 15.4 Å². The lowest BCUT2D eigenvalue weighted by Gasteiger charge is -2.17. The van der Waals surface area contributed by atoms with Crippen LogP contribution >= 0.6 is 0 Å². The van der Waals surface area contributed by atoms with Crippen molar-refractivity contribution in [1.29, 1.82) is 0 Å². The molecule has 1 aromatic carbocycles. The first kappa shape index (κ1) is 15.5. The first-order chi connectivity index (χ1) is 9.70. The van der Waals surface area contributed by atoms with Gasteiger partial charge in [0.15, 0.2) is 0 Å². The van der Waals surface area contributed by atoms with Gasteiger partial charge in [-0.15, -0.1) is 0 Å². The zero-order valence-corrected chi connectivity index (χ0v) is 13.1. The maximum atomic E-state index is 10.6. The Morgan fingerprint density at radius 1 is 1.43 bits per heavy atom. The first-order valence-corrected chi connectivity index (χ1v) is 7.14. The van der Waals surface area contributed by atoms with Crippen LogP contribution in [-0.4, -0.2) is 20.6 Å². The molecule has 0 amide bonds. The van der Waals surface area contributed by atoms with E-state index < -0.39 is 5.97 Å². The summed E-state index contributed by atoms with van der Waals surface area (Å²) in [5.41, 5.74) is 8.94. The number of aromatic nitrogens is 2. The molecule has 0 bridgehead atoms. The van der Waals surface area contributed by atoms with Crippen LogP contribution in [0, 0.1) is 0 Å². The van der Waals surface area contributed by atoms with E-state index in [1.807, 2.05) is 25.2 Å². The number of hydrogen-bond acceptors (Lipinski definition) is 3. The van der Waals surface area contributed by atoms with Crippen molar-refractivity contribution in [3.63, 3.8) is 0 Å². The number of hydrogen-bond donors (Lipinski definition) is 2. The van der Waals surface area contributed by atoms with Crippen molar-refractivity contribution in [2.75, 3.05) is 0 Å². The van der Waals surface area contributed by atoms with Crippen molar-refractivity contribution in [3.8, 4) is 0 Å². The monoisotopic (exact) mass is 289 g/mol. The molecule has 5 nitrogen and oxygen atoms in total. The maximum Gasteiger partial charge on any atom is 0.303 e. The van der Waals surface area contributed by atoms with Crippen LogP contribution in [-0.2, 0) is 17.3 Å². The van der Waals surface area contributed by atoms with Crippen molar-refractivity contribution in [1.82, 2.24) is 9.55 Å². The van der Waals surface area contributed by atoms with Crippen LogP contribution in [0.15, 0.2) is 18.2 Å². The summed E-state index contributed by atoms with van der Waals surface area (Å²) in [6.07, 6.45) is 0.508. The van der Waals surface area contributed by atoms with Gasteiger partial charge in [0.05, 0.1) is 11.0 Å². The van der Waals surface area contributed by atoms with E-state index in [1.165, 1.54) is 0 Å². The van der Waals surface area contributed by atoms with Gasteiger partial charge in [0, 0.05) is 24.9 Å². The highest BCUT2D eigenvalue weighted by Gasteiger charge is 2.21. The minimum atomic E-state index is -0.820. The summed E-state index contributed by atoms with van der Waals surface area (Å²) in [6.45, 7) is 6.40. The normalized spacial score (nSPS) is 13.6. The summed E-state index contributed by atoms with van der Waals surface area (Å²) < 4.78 is 2.10. The van der Waals surface area contributed by atoms with Gasteiger partial charge >= 0.3 is 5.97 Å². The summed E-state index contributed by atoms with van der Waals surface area (Å²) in [4.78, 5) is 15.3. The van der Waals surface area contributed by atoms with Crippen molar-refractivity contribution in [3.05, 3.63) is 29.6 Å². The summed E-state index contributed by atoms with van der Waals surface area (Å²) in [5, 5.41) is 8.74. The van der Waals surface area contributed by atoms with Gasteiger partial charge in [0.2, 0.25) is 0 Å². The summed E-state index contributed by atoms with van der Waals surface area (Å²) in [7, 11) is 2.01. The number of carboxylic acid groups (broad SMARTS) is 1. The van der Waals surface area contributed by atoms with Crippen molar-refractivity contribution in [2.24, 2.45) is 12.8 Å². The van der Waals surface area contributed by atoms with Crippen molar-refractivity contribution < 1.29 is 9.90 Å². The zero-order valence-electron chi connectivity index (χ0n) is 13.1. The second-order valence-corrected chi connectivity index (χ2v) is 6.53. The average molecular weight is 289 g/mol. The Labute approximate surface area is 124 Å². The average Bonchev–Trinajstić information content (AvgIpc) is 2.72. The van der Waals surface area contributed by atoms with Crippen molar-refractivity contribution in [2.45, 2.75) is 45.1 Å². The van der Waals surface area contributed by atoms with Gasteiger partial charge in [-0.05, 0) is 24.1 Å². The molecule has 1 atom stereocenters. The molecular formula is C16H23N3O2. The second-order valence-electron chi connectivity index (χ2n) is 6.53. The minimum Gasteiger partial charge on any atom is -0.481 e. The summed E-state index contributed by atoms with van der Waals surface area (Å²) in [6, 6.07) is 5.67. The number of aliphatic carboxylic acids is 1. The Bertz CT molecular complexity index is 668. The van der Waals surface area contributed by atoms with Crippen LogP contribution in [0.3, 0.4) is 0 Å². The second kappa shape index (κ2) is 5.48. The molecule has 0 saturated heterocycles. The Hall–Kier alpha value is -1.88. The van der Waals surface area contributed by atoms with E-state index in [-0.39, 0.29) is 17.9 Å².